The molecule has 0 saturated heterocycles. The maximum absolute atomic E-state index is 11.9. The molecule has 5 heteroatoms. The van der Waals surface area contributed by atoms with Crippen molar-refractivity contribution < 1.29 is 17.0 Å². The highest BCUT2D eigenvalue weighted by Crippen LogP contribution is 2.12. The summed E-state index contributed by atoms with van der Waals surface area (Å²) in [5.74, 6) is 0.160. The van der Waals surface area contributed by atoms with Gasteiger partial charge in [-0.3, -0.25) is 8.57 Å². The van der Waals surface area contributed by atoms with Crippen LogP contribution in [0.15, 0.2) is 0 Å². The Bertz CT molecular complexity index is 399. The first-order valence-corrected chi connectivity index (χ1v) is 13.6. The van der Waals surface area contributed by atoms with Crippen LogP contribution in [0.2, 0.25) is 0 Å². The molecule has 3 nitrogen and oxygen atoms in total. The Kier molecular flexibility index (Phi) is 21.4. The fraction of sp³-hybridized carbons (Fsp3) is 1.00. The largest absolute Gasteiger partial charge is 0.270 e. The van der Waals surface area contributed by atoms with Crippen molar-refractivity contribution in [2.75, 3.05) is 19.0 Å². The van der Waals surface area contributed by atoms with E-state index in [1.807, 2.05) is 0 Å². The van der Waals surface area contributed by atoms with Gasteiger partial charge in [-0.05, 0) is 19.3 Å². The molecule has 0 atom stereocenters. The van der Waals surface area contributed by atoms with Crippen molar-refractivity contribution in [3.05, 3.63) is 0 Å². The highest BCUT2D eigenvalue weighted by atomic mass is 32.2. The van der Waals surface area contributed by atoms with Gasteiger partial charge in [-0.1, -0.05) is 110 Å². The van der Waals surface area contributed by atoms with E-state index in [1.54, 1.807) is 0 Å². The number of rotatable bonds is 23. The first kappa shape index (κ1) is 27.8. The lowest BCUT2D eigenvalue weighted by Crippen LogP contribution is -2.11. The summed E-state index contributed by atoms with van der Waals surface area (Å²) in [4.78, 5) is 0. The minimum absolute atomic E-state index is 0.160. The number of hydrogen-bond donors (Lipinski definition) is 0. The summed E-state index contributed by atoms with van der Waals surface area (Å²) in [7, 11) is -3.33. The topological polar surface area (TPSA) is 43.4 Å². The SMILES string of the molecule is CCCCCCCCCCCOS(=O)(=O)CCCCCCCCCCCCF. The first-order chi connectivity index (χ1) is 13.6. The van der Waals surface area contributed by atoms with E-state index in [0.717, 1.165) is 38.5 Å². The van der Waals surface area contributed by atoms with Crippen LogP contribution in [0.4, 0.5) is 4.39 Å². The third-order valence-corrected chi connectivity index (χ3v) is 6.60. The fourth-order valence-corrected chi connectivity index (χ4v) is 4.49. The smallest absolute Gasteiger partial charge is 0.267 e. The van der Waals surface area contributed by atoms with Crippen LogP contribution < -0.4 is 0 Å². The summed E-state index contributed by atoms with van der Waals surface area (Å²) in [6.45, 7) is 2.39. The van der Waals surface area contributed by atoms with E-state index in [0.29, 0.717) is 19.4 Å². The average Bonchev–Trinajstić information content (AvgIpc) is 2.67. The van der Waals surface area contributed by atoms with Crippen LogP contribution in [0.5, 0.6) is 0 Å². The number of halogens is 1. The van der Waals surface area contributed by atoms with Crippen LogP contribution in [-0.4, -0.2) is 27.5 Å². The van der Waals surface area contributed by atoms with Crippen LogP contribution in [0.3, 0.4) is 0 Å². The Morgan fingerprint density at radius 3 is 1.43 bits per heavy atom. The lowest BCUT2D eigenvalue weighted by atomic mass is 10.1. The number of alkyl halides is 1. The molecular formula is C23H47FO3S. The van der Waals surface area contributed by atoms with Crippen LogP contribution >= 0.6 is 0 Å². The molecule has 0 aliphatic rings. The zero-order valence-corrected chi connectivity index (χ0v) is 19.4. The second-order valence-electron chi connectivity index (χ2n) is 8.14. The van der Waals surface area contributed by atoms with Crippen molar-refractivity contribution in [2.45, 2.75) is 129 Å². The van der Waals surface area contributed by atoms with Crippen molar-refractivity contribution in [1.82, 2.24) is 0 Å². The summed E-state index contributed by atoms with van der Waals surface area (Å²) in [5, 5.41) is 0. The molecule has 0 aromatic rings. The lowest BCUT2D eigenvalue weighted by molar-refractivity contribution is 0.305. The van der Waals surface area contributed by atoms with Gasteiger partial charge in [-0.2, -0.15) is 8.42 Å². The quantitative estimate of drug-likeness (QED) is 0.125. The van der Waals surface area contributed by atoms with Crippen LogP contribution in [-0.2, 0) is 14.3 Å². The van der Waals surface area contributed by atoms with Crippen molar-refractivity contribution in [2.24, 2.45) is 0 Å². The molecule has 0 aromatic carbocycles. The Labute approximate surface area is 175 Å². The van der Waals surface area contributed by atoms with E-state index in [9.17, 15) is 12.8 Å². The van der Waals surface area contributed by atoms with Gasteiger partial charge in [0.1, 0.15) is 0 Å². The van der Waals surface area contributed by atoms with Crippen LogP contribution in [0.25, 0.3) is 0 Å². The van der Waals surface area contributed by atoms with Crippen molar-refractivity contribution in [3.63, 3.8) is 0 Å². The molecule has 0 heterocycles. The fourth-order valence-electron chi connectivity index (χ4n) is 3.45. The second-order valence-corrected chi connectivity index (χ2v) is 9.90. The predicted octanol–water partition coefficient (Wildman–Crippen LogP) is 7.73. The van der Waals surface area contributed by atoms with Crippen LogP contribution in [0, 0.1) is 0 Å². The van der Waals surface area contributed by atoms with Crippen molar-refractivity contribution in [1.29, 1.82) is 0 Å². The molecule has 0 saturated carbocycles. The summed E-state index contributed by atoms with van der Waals surface area (Å²) in [6.07, 6.45) is 21.4. The van der Waals surface area contributed by atoms with E-state index < -0.39 is 10.1 Å². The standard InChI is InChI=1S/C23H47FO3S/c1-2-3-4-5-6-10-13-16-19-22-27-28(25,26)23-20-17-14-11-8-7-9-12-15-18-21-24/h2-23H2,1H3. The Balaban J connectivity index is 3.33. The normalized spacial score (nSPS) is 11.9. The molecule has 170 valence electrons. The van der Waals surface area contributed by atoms with Gasteiger partial charge in [0.05, 0.1) is 19.0 Å². The Morgan fingerprint density at radius 1 is 0.571 bits per heavy atom. The molecule has 0 aliphatic carbocycles. The minimum atomic E-state index is -3.33. The average molecular weight is 423 g/mol. The van der Waals surface area contributed by atoms with Gasteiger partial charge in [-0.15, -0.1) is 0 Å². The van der Waals surface area contributed by atoms with E-state index in [2.05, 4.69) is 6.92 Å². The van der Waals surface area contributed by atoms with Crippen molar-refractivity contribution in [3.8, 4) is 0 Å². The van der Waals surface area contributed by atoms with E-state index in [-0.39, 0.29) is 12.4 Å². The molecular weight excluding hydrogens is 375 g/mol. The second kappa shape index (κ2) is 21.5. The van der Waals surface area contributed by atoms with Gasteiger partial charge in [0.2, 0.25) is 0 Å². The van der Waals surface area contributed by atoms with Crippen molar-refractivity contribution >= 4 is 10.1 Å². The van der Waals surface area contributed by atoms with E-state index in [4.69, 9.17) is 4.18 Å². The summed E-state index contributed by atoms with van der Waals surface area (Å²) in [5.41, 5.74) is 0. The minimum Gasteiger partial charge on any atom is -0.270 e. The molecule has 0 amide bonds. The first-order valence-electron chi connectivity index (χ1n) is 12.1. The van der Waals surface area contributed by atoms with Gasteiger partial charge >= 0.3 is 0 Å². The summed E-state index contributed by atoms with van der Waals surface area (Å²) < 4.78 is 40.8. The van der Waals surface area contributed by atoms with Gasteiger partial charge < -0.3 is 0 Å². The number of unbranched alkanes of at least 4 members (excludes halogenated alkanes) is 17. The lowest BCUT2D eigenvalue weighted by Gasteiger charge is -2.06. The number of hydrogen-bond acceptors (Lipinski definition) is 3. The molecule has 28 heavy (non-hydrogen) atoms. The molecule has 0 radical (unpaired) electrons. The molecule has 0 aliphatic heterocycles. The molecule has 0 spiro atoms. The van der Waals surface area contributed by atoms with Gasteiger partial charge in [0.25, 0.3) is 10.1 Å². The van der Waals surface area contributed by atoms with Crippen LogP contribution in [0.1, 0.15) is 129 Å². The highest BCUT2D eigenvalue weighted by molar-refractivity contribution is 7.86. The van der Waals surface area contributed by atoms with E-state index >= 15 is 0 Å². The highest BCUT2D eigenvalue weighted by Gasteiger charge is 2.10. The summed E-state index contributed by atoms with van der Waals surface area (Å²) in [6, 6.07) is 0. The monoisotopic (exact) mass is 422 g/mol. The van der Waals surface area contributed by atoms with Gasteiger partial charge in [-0.25, -0.2) is 0 Å². The molecule has 0 unspecified atom stereocenters. The molecule has 0 rings (SSSR count). The molecule has 0 bridgehead atoms. The zero-order valence-electron chi connectivity index (χ0n) is 18.6. The maximum atomic E-state index is 11.9. The molecule has 0 fully saturated rings. The summed E-state index contributed by atoms with van der Waals surface area (Å²) >= 11 is 0. The molecule has 0 N–H and O–H groups in total. The third-order valence-electron chi connectivity index (χ3n) is 5.29. The Morgan fingerprint density at radius 2 is 0.964 bits per heavy atom. The molecule has 0 aromatic heterocycles. The van der Waals surface area contributed by atoms with Gasteiger partial charge in [0.15, 0.2) is 0 Å². The zero-order chi connectivity index (χ0) is 20.8. The predicted molar refractivity (Wildman–Crippen MR) is 119 cm³/mol. The Hall–Kier alpha value is -0.160. The maximum Gasteiger partial charge on any atom is 0.267 e. The van der Waals surface area contributed by atoms with Gasteiger partial charge in [0, 0.05) is 0 Å². The van der Waals surface area contributed by atoms with E-state index in [1.165, 1.54) is 70.6 Å². The third kappa shape index (κ3) is 22.1.